The van der Waals surface area contributed by atoms with Crippen molar-refractivity contribution in [3.05, 3.63) is 59.2 Å². The summed E-state index contributed by atoms with van der Waals surface area (Å²) in [7, 11) is 0. The molecular formula is C27H30Cl2N4O4. The van der Waals surface area contributed by atoms with Crippen molar-refractivity contribution < 1.29 is 19.2 Å². The number of hydrogen-bond acceptors (Lipinski definition) is 5. The van der Waals surface area contributed by atoms with Gasteiger partial charge in [0, 0.05) is 66.7 Å². The Bertz CT molecular complexity index is 1170. The molecule has 8 nitrogen and oxygen atoms in total. The molecule has 0 radical (unpaired) electrons. The fourth-order valence-corrected chi connectivity index (χ4v) is 5.22. The molecule has 37 heavy (non-hydrogen) atoms. The quantitative estimate of drug-likeness (QED) is 0.332. The Morgan fingerprint density at radius 2 is 1.78 bits per heavy atom. The first-order valence-corrected chi connectivity index (χ1v) is 13.5. The van der Waals surface area contributed by atoms with Gasteiger partial charge in [-0.2, -0.15) is 0 Å². The molecule has 0 saturated carbocycles. The lowest BCUT2D eigenvalue weighted by atomic mass is 10.0. The number of aryl methyl sites for hydroxylation is 1. The Morgan fingerprint density at radius 3 is 2.46 bits per heavy atom. The summed E-state index contributed by atoms with van der Waals surface area (Å²) in [6, 6.07) is 12.7. The fourth-order valence-electron chi connectivity index (χ4n) is 4.82. The molecule has 10 heteroatoms. The molecule has 4 amide bonds. The predicted molar refractivity (Wildman–Crippen MR) is 144 cm³/mol. The zero-order valence-corrected chi connectivity index (χ0v) is 22.0. The summed E-state index contributed by atoms with van der Waals surface area (Å²) >= 11 is 11.8. The highest BCUT2D eigenvalue weighted by Gasteiger charge is 2.39. The standard InChI is InChI=1S/C27H30Cl2N4O4/c28-13-15-32(16-14-29)19-9-7-18(8-10-19)3-1-6-24(34)30-22-5-2-4-20-21(22)17-33(27(20)37)23-11-12-25(35)31-26(23)36/h2,4-5,7-10,23H,1,3,6,11-17H2,(H,30,34)(H,31,35,36). The number of anilines is 2. The van der Waals surface area contributed by atoms with Gasteiger partial charge in [0.2, 0.25) is 17.7 Å². The van der Waals surface area contributed by atoms with E-state index in [0.717, 1.165) is 30.8 Å². The maximum atomic E-state index is 13.0. The molecule has 0 spiro atoms. The summed E-state index contributed by atoms with van der Waals surface area (Å²) in [6.07, 6.45) is 2.26. The van der Waals surface area contributed by atoms with Gasteiger partial charge in [0.25, 0.3) is 5.91 Å². The molecule has 196 valence electrons. The third kappa shape index (κ3) is 6.43. The molecule has 2 aromatic rings. The summed E-state index contributed by atoms with van der Waals surface area (Å²) in [5, 5.41) is 5.24. The second-order valence-corrected chi connectivity index (χ2v) is 9.92. The minimum absolute atomic E-state index is 0.132. The molecule has 2 aliphatic heterocycles. The zero-order chi connectivity index (χ0) is 26.4. The number of nitrogens with zero attached hydrogens (tertiary/aromatic N) is 2. The third-order valence-corrected chi connectivity index (χ3v) is 7.07. The number of imide groups is 1. The van der Waals surface area contributed by atoms with Crippen LogP contribution in [0.5, 0.6) is 0 Å². The van der Waals surface area contributed by atoms with Crippen LogP contribution in [0.2, 0.25) is 0 Å². The first kappa shape index (κ1) is 26.9. The molecule has 1 atom stereocenters. The molecule has 2 aliphatic rings. The summed E-state index contributed by atoms with van der Waals surface area (Å²) in [6.45, 7) is 1.68. The van der Waals surface area contributed by atoms with E-state index in [0.29, 0.717) is 47.8 Å². The van der Waals surface area contributed by atoms with Crippen molar-refractivity contribution in [1.82, 2.24) is 10.2 Å². The second-order valence-electron chi connectivity index (χ2n) is 9.16. The van der Waals surface area contributed by atoms with Crippen molar-refractivity contribution in [1.29, 1.82) is 0 Å². The van der Waals surface area contributed by atoms with E-state index in [2.05, 4.69) is 27.7 Å². The number of carbonyl (C=O) groups excluding carboxylic acids is 4. The van der Waals surface area contributed by atoms with Crippen LogP contribution in [0, 0.1) is 0 Å². The third-order valence-electron chi connectivity index (χ3n) is 6.74. The van der Waals surface area contributed by atoms with Crippen molar-refractivity contribution in [3.63, 3.8) is 0 Å². The Hall–Kier alpha value is -3.10. The fraction of sp³-hybridized carbons (Fsp3) is 0.407. The number of fused-ring (bicyclic) bond motifs is 1. The van der Waals surface area contributed by atoms with Gasteiger partial charge in [-0.1, -0.05) is 18.2 Å². The van der Waals surface area contributed by atoms with E-state index < -0.39 is 11.9 Å². The van der Waals surface area contributed by atoms with E-state index in [1.165, 1.54) is 4.90 Å². The number of benzene rings is 2. The average molecular weight is 545 g/mol. The highest BCUT2D eigenvalue weighted by Crippen LogP contribution is 2.32. The average Bonchev–Trinajstić information content (AvgIpc) is 3.21. The predicted octanol–water partition coefficient (Wildman–Crippen LogP) is 3.69. The first-order valence-electron chi connectivity index (χ1n) is 12.4. The summed E-state index contributed by atoms with van der Waals surface area (Å²) in [4.78, 5) is 53.1. The molecule has 2 heterocycles. The Labute approximate surface area is 226 Å². The number of piperidine rings is 1. The molecule has 0 aromatic heterocycles. The summed E-state index contributed by atoms with van der Waals surface area (Å²) in [5.41, 5.74) is 3.95. The summed E-state index contributed by atoms with van der Waals surface area (Å²) in [5.74, 6) is -0.119. The molecule has 1 fully saturated rings. The molecule has 1 saturated heterocycles. The summed E-state index contributed by atoms with van der Waals surface area (Å²) < 4.78 is 0. The van der Waals surface area contributed by atoms with Crippen LogP contribution in [0.25, 0.3) is 0 Å². The van der Waals surface area contributed by atoms with E-state index in [1.54, 1.807) is 18.2 Å². The smallest absolute Gasteiger partial charge is 0.255 e. The van der Waals surface area contributed by atoms with Crippen LogP contribution in [-0.2, 0) is 27.3 Å². The van der Waals surface area contributed by atoms with Crippen molar-refractivity contribution in [2.75, 3.05) is 35.1 Å². The number of halogens is 2. The topological polar surface area (TPSA) is 98.8 Å². The minimum Gasteiger partial charge on any atom is -0.369 e. The van der Waals surface area contributed by atoms with Gasteiger partial charge in [-0.05, 0) is 49.1 Å². The number of amides is 4. The molecule has 0 aliphatic carbocycles. The van der Waals surface area contributed by atoms with Crippen LogP contribution >= 0.6 is 23.2 Å². The number of carbonyl (C=O) groups is 4. The van der Waals surface area contributed by atoms with Crippen LogP contribution in [0.4, 0.5) is 11.4 Å². The van der Waals surface area contributed by atoms with E-state index in [1.807, 2.05) is 12.1 Å². The normalized spacial score (nSPS) is 17.0. The van der Waals surface area contributed by atoms with E-state index in [4.69, 9.17) is 23.2 Å². The number of hydrogen-bond donors (Lipinski definition) is 2. The van der Waals surface area contributed by atoms with Crippen LogP contribution in [0.3, 0.4) is 0 Å². The highest BCUT2D eigenvalue weighted by molar-refractivity contribution is 6.18. The van der Waals surface area contributed by atoms with Gasteiger partial charge in [-0.25, -0.2) is 0 Å². The van der Waals surface area contributed by atoms with Crippen LogP contribution in [-0.4, -0.2) is 59.4 Å². The van der Waals surface area contributed by atoms with Crippen molar-refractivity contribution in [3.8, 4) is 0 Å². The lowest BCUT2D eigenvalue weighted by Crippen LogP contribution is -2.52. The van der Waals surface area contributed by atoms with Gasteiger partial charge in [0.1, 0.15) is 6.04 Å². The lowest BCUT2D eigenvalue weighted by Gasteiger charge is -2.29. The largest absolute Gasteiger partial charge is 0.369 e. The van der Waals surface area contributed by atoms with Crippen LogP contribution < -0.4 is 15.5 Å². The van der Waals surface area contributed by atoms with Gasteiger partial charge in [0.15, 0.2) is 0 Å². The zero-order valence-electron chi connectivity index (χ0n) is 20.5. The van der Waals surface area contributed by atoms with E-state index >= 15 is 0 Å². The Balaban J connectivity index is 1.31. The van der Waals surface area contributed by atoms with Gasteiger partial charge in [-0.3, -0.25) is 24.5 Å². The van der Waals surface area contributed by atoms with Gasteiger partial charge in [0.05, 0.1) is 0 Å². The molecule has 4 rings (SSSR count). The van der Waals surface area contributed by atoms with Crippen LogP contribution in [0.1, 0.15) is 47.2 Å². The monoisotopic (exact) mass is 544 g/mol. The molecule has 1 unspecified atom stereocenters. The van der Waals surface area contributed by atoms with E-state index in [9.17, 15) is 19.2 Å². The highest BCUT2D eigenvalue weighted by atomic mass is 35.5. The number of alkyl halides is 2. The van der Waals surface area contributed by atoms with Gasteiger partial charge >= 0.3 is 0 Å². The van der Waals surface area contributed by atoms with Gasteiger partial charge in [-0.15, -0.1) is 23.2 Å². The first-order chi connectivity index (χ1) is 17.9. The van der Waals surface area contributed by atoms with Crippen LogP contribution in [0.15, 0.2) is 42.5 Å². The molecule has 2 N–H and O–H groups in total. The Kier molecular flexibility index (Phi) is 9.05. The molecular weight excluding hydrogens is 515 g/mol. The maximum absolute atomic E-state index is 13.0. The maximum Gasteiger partial charge on any atom is 0.255 e. The minimum atomic E-state index is -0.690. The van der Waals surface area contributed by atoms with Crippen molar-refractivity contribution in [2.24, 2.45) is 0 Å². The SMILES string of the molecule is O=C1CCC(N2Cc3c(NC(=O)CCCc4ccc(N(CCCl)CCCl)cc4)cccc3C2=O)C(=O)N1. The Morgan fingerprint density at radius 1 is 1.05 bits per heavy atom. The van der Waals surface area contributed by atoms with Crippen molar-refractivity contribution in [2.45, 2.75) is 44.7 Å². The van der Waals surface area contributed by atoms with Crippen molar-refractivity contribution >= 4 is 58.2 Å². The number of nitrogens with one attached hydrogen (secondary N) is 2. The van der Waals surface area contributed by atoms with Gasteiger partial charge < -0.3 is 15.1 Å². The van der Waals surface area contributed by atoms with E-state index in [-0.39, 0.29) is 30.7 Å². The molecule has 2 aromatic carbocycles. The second kappa shape index (κ2) is 12.4. The molecule has 0 bridgehead atoms. The lowest BCUT2D eigenvalue weighted by molar-refractivity contribution is -0.137. The number of rotatable bonds is 11.